The first kappa shape index (κ1) is 18.7. The normalized spacial score (nSPS) is 11.1. The van der Waals surface area contributed by atoms with Crippen LogP contribution >= 0.6 is 11.6 Å². The van der Waals surface area contributed by atoms with Crippen LogP contribution in [0.5, 0.6) is 17.4 Å². The van der Waals surface area contributed by atoms with E-state index in [9.17, 15) is 5.21 Å². The molecule has 0 aliphatic rings. The van der Waals surface area contributed by atoms with Crippen LogP contribution in [0.15, 0.2) is 71.9 Å². The molecule has 1 aromatic heterocycles. The fourth-order valence-electron chi connectivity index (χ4n) is 2.30. The smallest absolute Gasteiger partial charge is 0.219 e. The molecule has 2 N–H and O–H groups in total. The predicted octanol–water partition coefficient (Wildman–Crippen LogP) is 4.46. The Balaban J connectivity index is 1.68. The molecule has 2 aromatic carbocycles. The number of pyridine rings is 1. The number of methoxy groups -OCH3 is 1. The quantitative estimate of drug-likeness (QED) is 0.373. The van der Waals surface area contributed by atoms with E-state index in [1.165, 1.54) is 0 Å². The maximum absolute atomic E-state index is 9.40. The zero-order chi connectivity index (χ0) is 19.1. The van der Waals surface area contributed by atoms with Gasteiger partial charge in [-0.1, -0.05) is 23.7 Å². The van der Waals surface area contributed by atoms with Crippen LogP contribution in [0.4, 0.5) is 0 Å². The minimum atomic E-state index is 0.316. The number of nitrogens with one attached hydrogen (secondary N) is 1. The third-order valence-corrected chi connectivity index (χ3v) is 3.98. The summed E-state index contributed by atoms with van der Waals surface area (Å²) in [5, 5.41) is 10.0. The number of hydroxylamine groups is 1. The molecule has 0 saturated heterocycles. The fraction of sp³-hybridized carbons (Fsp3) is 0.100. The van der Waals surface area contributed by atoms with Crippen molar-refractivity contribution in [2.24, 2.45) is 4.99 Å². The van der Waals surface area contributed by atoms with Crippen LogP contribution in [0.3, 0.4) is 0 Å². The highest BCUT2D eigenvalue weighted by atomic mass is 35.5. The molecule has 0 aliphatic heterocycles. The first-order valence-corrected chi connectivity index (χ1v) is 8.53. The topological polar surface area (TPSA) is 76.0 Å². The molecule has 0 aliphatic carbocycles. The van der Waals surface area contributed by atoms with Crippen molar-refractivity contribution < 1.29 is 14.7 Å². The van der Waals surface area contributed by atoms with Crippen LogP contribution < -0.4 is 15.0 Å². The monoisotopic (exact) mass is 383 g/mol. The van der Waals surface area contributed by atoms with Gasteiger partial charge in [0, 0.05) is 22.8 Å². The predicted molar refractivity (Wildman–Crippen MR) is 104 cm³/mol. The van der Waals surface area contributed by atoms with Gasteiger partial charge in [-0.2, -0.15) is 0 Å². The number of hydrogen-bond acceptors (Lipinski definition) is 5. The van der Waals surface area contributed by atoms with E-state index in [1.54, 1.807) is 49.7 Å². The van der Waals surface area contributed by atoms with Crippen LogP contribution in [0.25, 0.3) is 0 Å². The molecule has 3 rings (SSSR count). The van der Waals surface area contributed by atoms with Gasteiger partial charge in [-0.3, -0.25) is 15.7 Å². The van der Waals surface area contributed by atoms with Crippen LogP contribution in [0, 0.1) is 0 Å². The van der Waals surface area contributed by atoms with Crippen molar-refractivity contribution in [2.75, 3.05) is 7.11 Å². The summed E-state index contributed by atoms with van der Waals surface area (Å²) in [6, 6.07) is 18.0. The number of aromatic nitrogens is 1. The molecular weight excluding hydrogens is 366 g/mol. The second-order valence-corrected chi connectivity index (χ2v) is 6.00. The minimum absolute atomic E-state index is 0.316. The van der Waals surface area contributed by atoms with E-state index >= 15 is 0 Å². The molecule has 0 bridgehead atoms. The molecule has 27 heavy (non-hydrogen) atoms. The van der Waals surface area contributed by atoms with Gasteiger partial charge in [0.15, 0.2) is 5.84 Å². The zero-order valence-electron chi connectivity index (χ0n) is 14.6. The molecule has 0 unspecified atom stereocenters. The Morgan fingerprint density at radius 3 is 2.33 bits per heavy atom. The summed E-state index contributed by atoms with van der Waals surface area (Å²) < 4.78 is 10.8. The molecule has 7 heteroatoms. The maximum Gasteiger partial charge on any atom is 0.219 e. The lowest BCUT2D eigenvalue weighted by Gasteiger charge is -2.08. The number of amidine groups is 1. The van der Waals surface area contributed by atoms with E-state index in [-0.39, 0.29) is 0 Å². The van der Waals surface area contributed by atoms with E-state index in [2.05, 4.69) is 15.5 Å². The van der Waals surface area contributed by atoms with E-state index in [1.807, 2.05) is 24.3 Å². The van der Waals surface area contributed by atoms with Gasteiger partial charge in [0.2, 0.25) is 5.88 Å². The van der Waals surface area contributed by atoms with E-state index < -0.39 is 0 Å². The van der Waals surface area contributed by atoms with Gasteiger partial charge in [-0.25, -0.2) is 4.98 Å². The Bertz CT molecular complexity index is 895. The molecule has 6 nitrogen and oxygen atoms in total. The highest BCUT2D eigenvalue weighted by molar-refractivity contribution is 6.30. The summed E-state index contributed by atoms with van der Waals surface area (Å²) in [6.45, 7) is 0.399. The maximum atomic E-state index is 9.40. The van der Waals surface area contributed by atoms with Gasteiger partial charge < -0.3 is 9.47 Å². The summed E-state index contributed by atoms with van der Waals surface area (Å²) >= 11 is 5.85. The standard InChI is InChI=1S/C20H18ClN3O3/c1-26-17-7-2-14(3-8-17)12-23-20(24-25)15-4-11-19(22-13-15)27-18-9-5-16(21)6-10-18/h2-11,13,25H,12H2,1H3,(H,23,24). The van der Waals surface area contributed by atoms with Crippen molar-refractivity contribution in [3.05, 3.63) is 83.0 Å². The van der Waals surface area contributed by atoms with Gasteiger partial charge >= 0.3 is 0 Å². The van der Waals surface area contributed by atoms with Crippen LogP contribution in [-0.4, -0.2) is 23.1 Å². The highest BCUT2D eigenvalue weighted by Gasteiger charge is 2.05. The van der Waals surface area contributed by atoms with Crippen molar-refractivity contribution >= 4 is 17.4 Å². The number of halogens is 1. The van der Waals surface area contributed by atoms with Gasteiger partial charge in [-0.05, 0) is 48.0 Å². The average molecular weight is 384 g/mol. The Kier molecular flexibility index (Phi) is 6.25. The summed E-state index contributed by atoms with van der Waals surface area (Å²) in [5.41, 5.74) is 3.74. The largest absolute Gasteiger partial charge is 0.497 e. The molecule has 0 atom stereocenters. The summed E-state index contributed by atoms with van der Waals surface area (Å²) in [4.78, 5) is 8.62. The van der Waals surface area contributed by atoms with Crippen molar-refractivity contribution in [2.45, 2.75) is 6.54 Å². The molecule has 0 fully saturated rings. The zero-order valence-corrected chi connectivity index (χ0v) is 15.3. The minimum Gasteiger partial charge on any atom is -0.497 e. The van der Waals surface area contributed by atoms with Crippen molar-refractivity contribution in [1.29, 1.82) is 0 Å². The van der Waals surface area contributed by atoms with E-state index in [4.69, 9.17) is 21.1 Å². The summed E-state index contributed by atoms with van der Waals surface area (Å²) in [6.07, 6.45) is 1.57. The molecule has 138 valence electrons. The van der Waals surface area contributed by atoms with Crippen LogP contribution in [0.1, 0.15) is 11.1 Å². The van der Waals surface area contributed by atoms with Crippen molar-refractivity contribution in [3.8, 4) is 17.4 Å². The number of benzene rings is 2. The fourth-order valence-corrected chi connectivity index (χ4v) is 2.42. The number of hydrogen-bond donors (Lipinski definition) is 2. The van der Waals surface area contributed by atoms with Crippen molar-refractivity contribution in [1.82, 2.24) is 10.5 Å². The molecule has 0 amide bonds. The number of nitrogens with zero attached hydrogens (tertiary/aromatic N) is 2. The second kappa shape index (κ2) is 9.02. The van der Waals surface area contributed by atoms with Crippen LogP contribution in [0.2, 0.25) is 5.02 Å². The molecule has 3 aromatic rings. The molecular formula is C20H18ClN3O3. The van der Waals surface area contributed by atoms with E-state index in [0.717, 1.165) is 11.3 Å². The first-order valence-electron chi connectivity index (χ1n) is 8.15. The third-order valence-electron chi connectivity index (χ3n) is 3.73. The van der Waals surface area contributed by atoms with Gasteiger partial charge in [-0.15, -0.1) is 0 Å². The molecule has 0 saturated carbocycles. The Morgan fingerprint density at radius 2 is 1.74 bits per heavy atom. The second-order valence-electron chi connectivity index (χ2n) is 5.57. The van der Waals surface area contributed by atoms with Crippen molar-refractivity contribution in [3.63, 3.8) is 0 Å². The third kappa shape index (κ3) is 5.20. The van der Waals surface area contributed by atoms with Gasteiger partial charge in [0.25, 0.3) is 0 Å². The molecule has 0 radical (unpaired) electrons. The number of rotatable bonds is 6. The van der Waals surface area contributed by atoms with Gasteiger partial charge in [0.05, 0.1) is 13.7 Å². The van der Waals surface area contributed by atoms with Crippen LogP contribution in [-0.2, 0) is 6.54 Å². The Labute approximate surface area is 162 Å². The van der Waals surface area contributed by atoms with E-state index in [0.29, 0.717) is 34.6 Å². The lowest BCUT2D eigenvalue weighted by Crippen LogP contribution is -2.20. The summed E-state index contributed by atoms with van der Waals surface area (Å²) in [5.74, 6) is 2.15. The number of ether oxygens (including phenoxy) is 2. The average Bonchev–Trinajstić information content (AvgIpc) is 2.72. The molecule has 0 spiro atoms. The lowest BCUT2D eigenvalue weighted by molar-refractivity contribution is 0.234. The first-order chi connectivity index (χ1) is 13.2. The highest BCUT2D eigenvalue weighted by Crippen LogP contribution is 2.21. The molecule has 1 heterocycles. The Hall–Kier alpha value is -3.09. The SMILES string of the molecule is COc1ccc(CN=C(NO)c2ccc(Oc3ccc(Cl)cc3)nc2)cc1. The number of aliphatic imine (C=N–C) groups is 1. The summed E-state index contributed by atoms with van der Waals surface area (Å²) in [7, 11) is 1.62. The lowest BCUT2D eigenvalue weighted by atomic mass is 10.2. The Morgan fingerprint density at radius 1 is 1.04 bits per heavy atom. The van der Waals surface area contributed by atoms with Gasteiger partial charge in [0.1, 0.15) is 11.5 Å².